The summed E-state index contributed by atoms with van der Waals surface area (Å²) >= 11 is 0. The molecule has 12 heavy (non-hydrogen) atoms. The van der Waals surface area contributed by atoms with Crippen molar-refractivity contribution in [3.05, 3.63) is 28.4 Å². The van der Waals surface area contributed by atoms with E-state index < -0.39 is 0 Å². The highest BCUT2D eigenvalue weighted by Gasteiger charge is 1.88. The Kier molecular flexibility index (Phi) is 3.03. The molecule has 0 atom stereocenters. The van der Waals surface area contributed by atoms with Crippen molar-refractivity contribution >= 4 is 12.2 Å². The van der Waals surface area contributed by atoms with Crippen molar-refractivity contribution in [2.24, 2.45) is 0 Å². The third-order valence-corrected chi connectivity index (χ3v) is 1.93. The van der Waals surface area contributed by atoms with E-state index in [0.29, 0.717) is 0 Å². The Bertz CT molecular complexity index is 363. The zero-order chi connectivity index (χ0) is 8.97. The molecule has 1 aromatic rings. The topological polar surface area (TPSA) is 12.9 Å². The number of nitrogens with zero attached hydrogens (tertiary/aromatic N) is 1. The van der Waals surface area contributed by atoms with Gasteiger partial charge >= 0.3 is 0 Å². The lowest BCUT2D eigenvalue weighted by atomic mass is 10.2. The lowest BCUT2D eigenvalue weighted by Gasteiger charge is -1.93. The SMILES string of the molecule is C/C=c1/c(C)ccn/c1=C/CC. The monoisotopic (exact) mass is 161 g/mol. The lowest BCUT2D eigenvalue weighted by Crippen LogP contribution is -2.29. The molecule has 0 aliphatic heterocycles. The number of aryl methyl sites for hydroxylation is 1. The van der Waals surface area contributed by atoms with Crippen LogP contribution in [0.15, 0.2) is 12.3 Å². The molecule has 0 aliphatic rings. The standard InChI is InChI=1S/C11H15N/c1-4-6-11-10(5-2)9(3)7-8-12-11/h5-8H,4H2,1-3H3/b10-5-,11-6+. The van der Waals surface area contributed by atoms with E-state index in [9.17, 15) is 0 Å². The fraction of sp³-hybridized carbons (Fsp3) is 0.364. The maximum absolute atomic E-state index is 4.31. The van der Waals surface area contributed by atoms with E-state index in [0.717, 1.165) is 11.8 Å². The van der Waals surface area contributed by atoms with Crippen molar-refractivity contribution in [2.75, 3.05) is 0 Å². The molecule has 0 amide bonds. The zero-order valence-corrected chi connectivity index (χ0v) is 7.96. The fourth-order valence-corrected chi connectivity index (χ4v) is 1.32. The van der Waals surface area contributed by atoms with Crippen LogP contribution in [-0.2, 0) is 0 Å². The Morgan fingerprint density at radius 3 is 2.83 bits per heavy atom. The van der Waals surface area contributed by atoms with E-state index >= 15 is 0 Å². The Balaban J connectivity index is 3.50. The van der Waals surface area contributed by atoms with Gasteiger partial charge in [-0.15, -0.1) is 0 Å². The quantitative estimate of drug-likeness (QED) is 0.606. The normalized spacial score (nSPS) is 13.9. The Labute approximate surface area is 73.5 Å². The maximum Gasteiger partial charge on any atom is 0.0661 e. The van der Waals surface area contributed by atoms with Gasteiger partial charge in [0.25, 0.3) is 0 Å². The largest absolute Gasteiger partial charge is 0.257 e. The summed E-state index contributed by atoms with van der Waals surface area (Å²) in [6, 6.07) is 2.04. The highest BCUT2D eigenvalue weighted by molar-refractivity contribution is 5.30. The summed E-state index contributed by atoms with van der Waals surface area (Å²) in [5.74, 6) is 0. The average molecular weight is 161 g/mol. The molecule has 1 rings (SSSR count). The van der Waals surface area contributed by atoms with Gasteiger partial charge in [-0.2, -0.15) is 0 Å². The molecular formula is C11H15N. The summed E-state index contributed by atoms with van der Waals surface area (Å²) in [7, 11) is 0. The fourth-order valence-electron chi connectivity index (χ4n) is 1.32. The smallest absolute Gasteiger partial charge is 0.0661 e. The first-order chi connectivity index (χ1) is 5.79. The van der Waals surface area contributed by atoms with Gasteiger partial charge in [0, 0.05) is 6.20 Å². The van der Waals surface area contributed by atoms with Gasteiger partial charge in [-0.05, 0) is 37.1 Å². The van der Waals surface area contributed by atoms with E-state index in [4.69, 9.17) is 0 Å². The van der Waals surface area contributed by atoms with Crippen molar-refractivity contribution in [3.63, 3.8) is 0 Å². The maximum atomic E-state index is 4.31. The second-order valence-corrected chi connectivity index (χ2v) is 2.83. The molecule has 0 fully saturated rings. The van der Waals surface area contributed by atoms with Crippen LogP contribution in [0.3, 0.4) is 0 Å². The molecule has 1 heteroatoms. The molecule has 0 bridgehead atoms. The molecule has 0 N–H and O–H groups in total. The third-order valence-electron chi connectivity index (χ3n) is 1.93. The zero-order valence-electron chi connectivity index (χ0n) is 7.96. The molecule has 0 saturated heterocycles. The minimum absolute atomic E-state index is 1.04. The van der Waals surface area contributed by atoms with Crippen LogP contribution in [0.1, 0.15) is 25.8 Å². The molecule has 1 nitrogen and oxygen atoms in total. The van der Waals surface area contributed by atoms with Crippen LogP contribution >= 0.6 is 0 Å². The molecule has 64 valence electrons. The molecule has 0 saturated carbocycles. The number of rotatable bonds is 1. The summed E-state index contributed by atoms with van der Waals surface area (Å²) < 4.78 is 0. The van der Waals surface area contributed by atoms with Crippen LogP contribution in [0.2, 0.25) is 0 Å². The minimum atomic E-state index is 1.04. The third kappa shape index (κ3) is 1.73. The van der Waals surface area contributed by atoms with Crippen LogP contribution in [0.5, 0.6) is 0 Å². The molecule has 0 aliphatic carbocycles. The molecule has 1 aromatic heterocycles. The Morgan fingerprint density at radius 1 is 1.50 bits per heavy atom. The van der Waals surface area contributed by atoms with Gasteiger partial charge in [0.1, 0.15) is 0 Å². The predicted molar refractivity (Wildman–Crippen MR) is 53.1 cm³/mol. The summed E-state index contributed by atoms with van der Waals surface area (Å²) in [4.78, 5) is 4.31. The van der Waals surface area contributed by atoms with Gasteiger partial charge in [0.05, 0.1) is 5.35 Å². The van der Waals surface area contributed by atoms with E-state index in [2.05, 4.69) is 37.9 Å². The molecule has 0 spiro atoms. The van der Waals surface area contributed by atoms with Crippen LogP contribution in [0, 0.1) is 6.92 Å². The summed E-state index contributed by atoms with van der Waals surface area (Å²) in [5, 5.41) is 2.37. The summed E-state index contributed by atoms with van der Waals surface area (Å²) in [6.07, 6.45) is 7.17. The van der Waals surface area contributed by atoms with Crippen molar-refractivity contribution in [1.82, 2.24) is 4.98 Å². The van der Waals surface area contributed by atoms with E-state index in [1.54, 1.807) is 0 Å². The lowest BCUT2D eigenvalue weighted by molar-refractivity contribution is 1.15. The van der Waals surface area contributed by atoms with E-state index in [1.807, 2.05) is 12.3 Å². The summed E-state index contributed by atoms with van der Waals surface area (Å²) in [5.41, 5.74) is 1.30. The van der Waals surface area contributed by atoms with E-state index in [-0.39, 0.29) is 0 Å². The van der Waals surface area contributed by atoms with Gasteiger partial charge in [-0.25, -0.2) is 0 Å². The van der Waals surface area contributed by atoms with Crippen molar-refractivity contribution in [2.45, 2.75) is 27.2 Å². The first kappa shape index (κ1) is 8.98. The van der Waals surface area contributed by atoms with Crippen molar-refractivity contribution < 1.29 is 0 Å². The minimum Gasteiger partial charge on any atom is -0.257 e. The Morgan fingerprint density at radius 2 is 2.25 bits per heavy atom. The number of hydrogen-bond donors (Lipinski definition) is 0. The highest BCUT2D eigenvalue weighted by atomic mass is 14.6. The summed E-state index contributed by atoms with van der Waals surface area (Å²) in [6.45, 7) is 6.30. The molecular weight excluding hydrogens is 146 g/mol. The van der Waals surface area contributed by atoms with E-state index in [1.165, 1.54) is 10.8 Å². The van der Waals surface area contributed by atoms with Gasteiger partial charge in [-0.3, -0.25) is 4.98 Å². The van der Waals surface area contributed by atoms with Crippen molar-refractivity contribution in [3.8, 4) is 0 Å². The van der Waals surface area contributed by atoms with Crippen LogP contribution in [0.25, 0.3) is 12.2 Å². The molecule has 0 aromatic carbocycles. The van der Waals surface area contributed by atoms with Crippen LogP contribution < -0.4 is 10.6 Å². The first-order valence-corrected chi connectivity index (χ1v) is 4.37. The van der Waals surface area contributed by atoms with Gasteiger partial charge in [0.15, 0.2) is 0 Å². The van der Waals surface area contributed by atoms with Crippen molar-refractivity contribution in [1.29, 1.82) is 0 Å². The molecule has 0 radical (unpaired) electrons. The number of aromatic nitrogens is 1. The highest BCUT2D eigenvalue weighted by Crippen LogP contribution is 1.82. The Hall–Kier alpha value is -1.11. The number of pyridine rings is 1. The second-order valence-electron chi connectivity index (χ2n) is 2.83. The molecule has 1 heterocycles. The predicted octanol–water partition coefficient (Wildman–Crippen LogP) is 1.38. The van der Waals surface area contributed by atoms with Crippen LogP contribution in [0.4, 0.5) is 0 Å². The van der Waals surface area contributed by atoms with Gasteiger partial charge in [0.2, 0.25) is 0 Å². The average Bonchev–Trinajstić information content (AvgIpc) is 2.05. The molecule has 0 unspecified atom stereocenters. The van der Waals surface area contributed by atoms with Gasteiger partial charge in [-0.1, -0.05) is 19.1 Å². The van der Waals surface area contributed by atoms with Crippen LogP contribution in [-0.4, -0.2) is 4.98 Å². The number of hydrogen-bond acceptors (Lipinski definition) is 1. The second kappa shape index (κ2) is 4.05. The van der Waals surface area contributed by atoms with Gasteiger partial charge < -0.3 is 0 Å². The first-order valence-electron chi connectivity index (χ1n) is 4.37.